The lowest BCUT2D eigenvalue weighted by Crippen LogP contribution is -2.22. The molecule has 1 unspecified atom stereocenters. The highest BCUT2D eigenvalue weighted by Crippen LogP contribution is 2.40. The summed E-state index contributed by atoms with van der Waals surface area (Å²) in [4.78, 5) is 0. The summed E-state index contributed by atoms with van der Waals surface area (Å²) in [5, 5.41) is 0. The second-order valence-corrected chi connectivity index (χ2v) is 6.23. The van der Waals surface area contributed by atoms with Crippen molar-refractivity contribution in [3.8, 4) is 5.75 Å². The van der Waals surface area contributed by atoms with Gasteiger partial charge in [-0.3, -0.25) is 0 Å². The first kappa shape index (κ1) is 19.3. The third-order valence-electron chi connectivity index (χ3n) is 4.54. The summed E-state index contributed by atoms with van der Waals surface area (Å²) >= 11 is 0. The van der Waals surface area contributed by atoms with Crippen LogP contribution in [0.1, 0.15) is 34.6 Å². The Hall–Kier alpha value is -2.51. The third-order valence-corrected chi connectivity index (χ3v) is 4.54. The average Bonchev–Trinajstić information content (AvgIpc) is 2.57. The molecular weight excluding hydrogens is 377 g/mol. The van der Waals surface area contributed by atoms with Crippen molar-refractivity contribution in [3.63, 3.8) is 0 Å². The fourth-order valence-corrected chi connectivity index (χ4v) is 3.39. The molecule has 0 saturated carbocycles. The smallest absolute Gasteiger partial charge is 0.399 e. The highest BCUT2D eigenvalue weighted by atomic mass is 19.4. The van der Waals surface area contributed by atoms with Gasteiger partial charge in [0, 0.05) is 5.56 Å². The molecule has 0 amide bonds. The van der Waals surface area contributed by atoms with Gasteiger partial charge < -0.3 is 4.74 Å². The Morgan fingerprint density at radius 1 is 1.00 bits per heavy atom. The van der Waals surface area contributed by atoms with E-state index < -0.39 is 41.3 Å². The van der Waals surface area contributed by atoms with E-state index in [-0.39, 0.29) is 41.5 Å². The van der Waals surface area contributed by atoms with Crippen LogP contribution in [-0.4, -0.2) is 6.36 Å². The molecule has 0 bridgehead atoms. The minimum atomic E-state index is -5.24. The minimum Gasteiger partial charge on any atom is -0.399 e. The maximum atomic E-state index is 14.3. The molecule has 0 heterocycles. The minimum absolute atomic E-state index is 0.0578. The zero-order valence-corrected chi connectivity index (χ0v) is 13.8. The number of hydrogen-bond donors (Lipinski definition) is 0. The van der Waals surface area contributed by atoms with Crippen LogP contribution in [0.5, 0.6) is 5.75 Å². The Morgan fingerprint density at radius 3 is 2.19 bits per heavy atom. The number of halogens is 7. The van der Waals surface area contributed by atoms with E-state index in [9.17, 15) is 30.7 Å². The Kier molecular flexibility index (Phi) is 4.92. The zero-order chi connectivity index (χ0) is 19.9. The van der Waals surface area contributed by atoms with Crippen molar-refractivity contribution in [2.24, 2.45) is 0 Å². The lowest BCUT2D eigenvalue weighted by Gasteiger charge is -2.27. The summed E-state index contributed by atoms with van der Waals surface area (Å²) in [6.07, 6.45) is -4.10. The van der Waals surface area contributed by atoms with Crippen molar-refractivity contribution in [3.05, 3.63) is 70.3 Å². The predicted octanol–water partition coefficient (Wildman–Crippen LogP) is 6.06. The highest BCUT2D eigenvalue weighted by Gasteiger charge is 2.36. The van der Waals surface area contributed by atoms with E-state index >= 15 is 0 Å². The van der Waals surface area contributed by atoms with Crippen LogP contribution < -0.4 is 4.74 Å². The van der Waals surface area contributed by atoms with Crippen LogP contribution in [0.2, 0.25) is 0 Å². The number of rotatable bonds is 3. The second-order valence-electron chi connectivity index (χ2n) is 6.23. The summed E-state index contributed by atoms with van der Waals surface area (Å²) in [5.74, 6) is -6.81. The van der Waals surface area contributed by atoms with Crippen molar-refractivity contribution < 1.29 is 35.5 Å². The Balaban J connectivity index is 1.97. The number of benzene rings is 2. The normalized spacial score (nSPS) is 16.8. The van der Waals surface area contributed by atoms with Gasteiger partial charge in [0.05, 0.1) is 0 Å². The summed E-state index contributed by atoms with van der Waals surface area (Å²) in [6, 6.07) is 2.92. The molecule has 0 radical (unpaired) electrons. The molecule has 1 nitrogen and oxygen atoms in total. The fraction of sp³-hybridized carbons (Fsp3) is 0.263. The van der Waals surface area contributed by atoms with E-state index in [0.29, 0.717) is 0 Å². The van der Waals surface area contributed by atoms with E-state index in [4.69, 9.17) is 0 Å². The topological polar surface area (TPSA) is 9.23 Å². The van der Waals surface area contributed by atoms with Crippen molar-refractivity contribution >= 4 is 6.08 Å². The van der Waals surface area contributed by atoms with Gasteiger partial charge in [0.15, 0.2) is 11.6 Å². The van der Waals surface area contributed by atoms with Gasteiger partial charge in [0.2, 0.25) is 5.75 Å². The summed E-state index contributed by atoms with van der Waals surface area (Å²) in [5.41, 5.74) is -0.0588. The summed E-state index contributed by atoms with van der Waals surface area (Å²) < 4.78 is 97.2. The van der Waals surface area contributed by atoms with Gasteiger partial charge in [-0.1, -0.05) is 12.7 Å². The van der Waals surface area contributed by atoms with E-state index in [1.165, 1.54) is 6.08 Å². The van der Waals surface area contributed by atoms with Gasteiger partial charge in [-0.05, 0) is 60.1 Å². The molecule has 0 saturated heterocycles. The van der Waals surface area contributed by atoms with Crippen LogP contribution in [0.3, 0.4) is 0 Å². The highest BCUT2D eigenvalue weighted by molar-refractivity contribution is 5.49. The van der Waals surface area contributed by atoms with Crippen LogP contribution in [0.4, 0.5) is 30.7 Å². The summed E-state index contributed by atoms with van der Waals surface area (Å²) in [7, 11) is 0. The molecule has 1 atom stereocenters. The van der Waals surface area contributed by atoms with Crippen LogP contribution in [-0.2, 0) is 12.8 Å². The quantitative estimate of drug-likeness (QED) is 0.579. The molecule has 0 fully saturated rings. The van der Waals surface area contributed by atoms with Crippen molar-refractivity contribution in [1.29, 1.82) is 0 Å². The molecule has 1 aliphatic rings. The van der Waals surface area contributed by atoms with Crippen molar-refractivity contribution in [1.82, 2.24) is 0 Å². The zero-order valence-electron chi connectivity index (χ0n) is 13.8. The predicted molar refractivity (Wildman–Crippen MR) is 84.3 cm³/mol. The Bertz CT molecular complexity index is 879. The number of fused-ring (bicyclic) bond motifs is 1. The van der Waals surface area contributed by atoms with Crippen LogP contribution in [0, 0.1) is 23.3 Å². The maximum absolute atomic E-state index is 14.3. The average molecular weight is 390 g/mol. The first-order valence-electron chi connectivity index (χ1n) is 7.97. The SMILES string of the molecule is C=Cc1cc(F)c(C2CCc3c(cc(F)c(OC(F)(F)F)c3F)C2)c(F)c1. The van der Waals surface area contributed by atoms with Gasteiger partial charge in [0.25, 0.3) is 0 Å². The lowest BCUT2D eigenvalue weighted by atomic mass is 9.79. The molecule has 2 aromatic rings. The molecule has 3 rings (SSSR count). The van der Waals surface area contributed by atoms with Crippen molar-refractivity contribution in [2.45, 2.75) is 31.5 Å². The summed E-state index contributed by atoms with van der Waals surface area (Å²) in [6.45, 7) is 3.43. The molecule has 0 spiro atoms. The van der Waals surface area contributed by atoms with E-state index in [1.807, 2.05) is 0 Å². The monoisotopic (exact) mass is 390 g/mol. The number of alkyl halides is 3. The largest absolute Gasteiger partial charge is 0.573 e. The molecule has 2 aromatic carbocycles. The Morgan fingerprint density at radius 2 is 1.63 bits per heavy atom. The van der Waals surface area contributed by atoms with E-state index in [1.54, 1.807) is 0 Å². The number of ether oxygens (including phenoxy) is 1. The molecule has 8 heteroatoms. The van der Waals surface area contributed by atoms with Gasteiger partial charge in [-0.25, -0.2) is 17.6 Å². The van der Waals surface area contributed by atoms with E-state index in [2.05, 4.69) is 11.3 Å². The Labute approximate surface area is 150 Å². The van der Waals surface area contributed by atoms with Crippen molar-refractivity contribution in [2.75, 3.05) is 0 Å². The van der Waals surface area contributed by atoms with Gasteiger partial charge in [-0.15, -0.1) is 13.2 Å². The van der Waals surface area contributed by atoms with Gasteiger partial charge in [-0.2, -0.15) is 0 Å². The van der Waals surface area contributed by atoms with Crippen LogP contribution in [0.25, 0.3) is 6.08 Å². The third kappa shape index (κ3) is 3.79. The lowest BCUT2D eigenvalue weighted by molar-refractivity contribution is -0.276. The van der Waals surface area contributed by atoms with Crippen LogP contribution >= 0.6 is 0 Å². The maximum Gasteiger partial charge on any atom is 0.573 e. The van der Waals surface area contributed by atoms with Gasteiger partial charge >= 0.3 is 6.36 Å². The van der Waals surface area contributed by atoms with Gasteiger partial charge in [0.1, 0.15) is 11.6 Å². The second kappa shape index (κ2) is 6.90. The van der Waals surface area contributed by atoms with E-state index in [0.717, 1.165) is 18.2 Å². The molecular formula is C19H13F7O. The van der Waals surface area contributed by atoms with Crippen LogP contribution in [0.15, 0.2) is 24.8 Å². The molecule has 1 aliphatic carbocycles. The number of hydrogen-bond acceptors (Lipinski definition) is 1. The molecule has 144 valence electrons. The molecule has 0 N–H and O–H groups in total. The first-order chi connectivity index (χ1) is 12.6. The molecule has 0 aromatic heterocycles. The molecule has 0 aliphatic heterocycles. The first-order valence-corrected chi connectivity index (χ1v) is 7.97. The standard InChI is InChI=1S/C19H13F7O/c1-2-9-5-13(20)16(14(21)6-9)10-3-4-12-11(7-10)8-15(22)18(17(12)23)27-19(24,25)26/h2,5-6,8,10H,1,3-4,7H2. The fourth-order valence-electron chi connectivity index (χ4n) is 3.39. The molecule has 27 heavy (non-hydrogen) atoms.